The van der Waals surface area contributed by atoms with Gasteiger partial charge in [0.25, 0.3) is 0 Å². The number of benzene rings is 1. The van der Waals surface area contributed by atoms with E-state index in [4.69, 9.17) is 4.74 Å². The first kappa shape index (κ1) is 13.6. The Morgan fingerprint density at radius 3 is 2.43 bits per heavy atom. The van der Waals surface area contributed by atoms with Gasteiger partial charge in [0.05, 0.1) is 0 Å². The van der Waals surface area contributed by atoms with Gasteiger partial charge in [-0.2, -0.15) is 0 Å². The Labute approximate surface area is 133 Å². The third-order valence-electron chi connectivity index (χ3n) is 5.01. The minimum absolute atomic E-state index is 0.0201. The number of piperidine rings is 3. The molecule has 1 saturated carbocycles. The Morgan fingerprint density at radius 2 is 1.81 bits per heavy atom. The number of carbonyl (C=O) groups excluding carboxylic acids is 1. The second-order valence-corrected chi connectivity index (χ2v) is 7.50. The molecule has 1 N–H and O–H groups in total. The maximum Gasteiger partial charge on any atom is 0.413 e. The molecular weight excluding hydrogens is 332 g/mol. The molecule has 4 bridgehead atoms. The van der Waals surface area contributed by atoms with Crippen molar-refractivity contribution in [3.8, 4) is 0 Å². The van der Waals surface area contributed by atoms with Crippen LogP contribution in [0, 0.1) is 17.8 Å². The van der Waals surface area contributed by atoms with Crippen LogP contribution in [0.4, 0.5) is 10.5 Å². The fourth-order valence-electron chi connectivity index (χ4n) is 4.35. The number of ether oxygens (including phenoxy) is 1. The highest BCUT2D eigenvalue weighted by Crippen LogP contribution is 2.46. The molecule has 1 aromatic rings. The van der Waals surface area contributed by atoms with Gasteiger partial charge in [0, 0.05) is 29.2 Å². The highest BCUT2D eigenvalue weighted by Gasteiger charge is 2.48. The number of nitrogens with zero attached hydrogens (tertiary/aromatic N) is 1. The monoisotopic (exact) mass is 350 g/mol. The largest absolute Gasteiger partial charge is 0.430 e. The van der Waals surface area contributed by atoms with Gasteiger partial charge in [-0.15, -0.1) is 0 Å². The van der Waals surface area contributed by atoms with Crippen molar-refractivity contribution in [3.05, 3.63) is 28.7 Å². The van der Waals surface area contributed by atoms with Gasteiger partial charge in [0.15, 0.2) is 6.23 Å². The average molecular weight is 351 g/mol. The summed E-state index contributed by atoms with van der Waals surface area (Å²) in [6.07, 6.45) is 3.47. The minimum atomic E-state index is -0.338. The van der Waals surface area contributed by atoms with Crippen molar-refractivity contribution in [2.24, 2.45) is 17.8 Å². The summed E-state index contributed by atoms with van der Waals surface area (Å²) in [5, 5.41) is 2.82. The molecule has 0 spiro atoms. The zero-order valence-electron chi connectivity index (χ0n) is 11.8. The maximum absolute atomic E-state index is 12.1. The number of anilines is 1. The van der Waals surface area contributed by atoms with Crippen LogP contribution >= 0.6 is 15.9 Å². The lowest BCUT2D eigenvalue weighted by molar-refractivity contribution is -0.154. The van der Waals surface area contributed by atoms with Crippen LogP contribution in [0.15, 0.2) is 28.7 Å². The van der Waals surface area contributed by atoms with E-state index in [0.29, 0.717) is 5.92 Å². The number of carbonyl (C=O) groups is 1. The van der Waals surface area contributed by atoms with Gasteiger partial charge in [-0.3, -0.25) is 10.2 Å². The number of hydrogen-bond donors (Lipinski definition) is 1. The summed E-state index contributed by atoms with van der Waals surface area (Å²) in [6, 6.07) is 7.54. The molecule has 5 heteroatoms. The van der Waals surface area contributed by atoms with Crippen LogP contribution in [0.5, 0.6) is 0 Å². The standard InChI is InChI=1S/C16H19BrN2O2/c17-13-1-3-14(4-2-13)18-16(20)21-15-12-6-10-5-11(7-12)9-19(15)8-10/h1-4,10-12,15H,5-9H2,(H,18,20)/t10-,11-,15-/m1/s1. The highest BCUT2D eigenvalue weighted by molar-refractivity contribution is 9.10. The van der Waals surface area contributed by atoms with Crippen molar-refractivity contribution < 1.29 is 9.53 Å². The number of amides is 1. The van der Waals surface area contributed by atoms with Crippen molar-refractivity contribution in [3.63, 3.8) is 0 Å². The molecule has 1 amide bonds. The lowest BCUT2D eigenvalue weighted by atomic mass is 9.67. The van der Waals surface area contributed by atoms with Crippen LogP contribution in [0.3, 0.4) is 0 Å². The van der Waals surface area contributed by atoms with Gasteiger partial charge in [0.2, 0.25) is 0 Å². The fraction of sp³-hybridized carbons (Fsp3) is 0.562. The second-order valence-electron chi connectivity index (χ2n) is 6.58. The molecule has 0 aromatic heterocycles. The van der Waals surface area contributed by atoms with E-state index in [1.807, 2.05) is 24.3 Å². The van der Waals surface area contributed by atoms with Gasteiger partial charge in [-0.05, 0) is 55.4 Å². The number of rotatable bonds is 2. The predicted molar refractivity (Wildman–Crippen MR) is 83.9 cm³/mol. The molecule has 1 aliphatic carbocycles. The minimum Gasteiger partial charge on any atom is -0.430 e. The topological polar surface area (TPSA) is 41.6 Å². The van der Waals surface area contributed by atoms with Crippen molar-refractivity contribution >= 4 is 27.7 Å². The molecule has 21 heavy (non-hydrogen) atoms. The quantitative estimate of drug-likeness (QED) is 0.884. The Hall–Kier alpha value is -1.07. The van der Waals surface area contributed by atoms with E-state index in [2.05, 4.69) is 26.1 Å². The lowest BCUT2D eigenvalue weighted by Gasteiger charge is -2.55. The first-order chi connectivity index (χ1) is 10.2. The molecule has 3 aliphatic heterocycles. The molecule has 4 nitrogen and oxygen atoms in total. The van der Waals surface area contributed by atoms with E-state index < -0.39 is 0 Å². The molecule has 1 aromatic carbocycles. The van der Waals surface area contributed by atoms with E-state index in [0.717, 1.165) is 35.1 Å². The first-order valence-electron chi connectivity index (χ1n) is 7.64. The summed E-state index contributed by atoms with van der Waals surface area (Å²) in [7, 11) is 0. The van der Waals surface area contributed by atoms with Gasteiger partial charge >= 0.3 is 6.09 Å². The van der Waals surface area contributed by atoms with Crippen LogP contribution in [0.25, 0.3) is 0 Å². The Morgan fingerprint density at radius 1 is 1.14 bits per heavy atom. The van der Waals surface area contributed by atoms with Gasteiger partial charge in [0.1, 0.15) is 0 Å². The summed E-state index contributed by atoms with van der Waals surface area (Å²) >= 11 is 3.38. The van der Waals surface area contributed by atoms with Crippen molar-refractivity contribution in [1.29, 1.82) is 0 Å². The van der Waals surface area contributed by atoms with Crippen LogP contribution in [0.1, 0.15) is 19.3 Å². The predicted octanol–water partition coefficient (Wildman–Crippen LogP) is 3.69. The van der Waals surface area contributed by atoms with Crippen molar-refractivity contribution in [2.45, 2.75) is 25.5 Å². The smallest absolute Gasteiger partial charge is 0.413 e. The first-order valence-corrected chi connectivity index (χ1v) is 8.44. The fourth-order valence-corrected chi connectivity index (χ4v) is 4.62. The highest BCUT2D eigenvalue weighted by atomic mass is 79.9. The number of nitrogens with one attached hydrogen (secondary N) is 1. The second kappa shape index (κ2) is 5.29. The Bertz CT molecular complexity index is 518. The molecule has 3 saturated heterocycles. The summed E-state index contributed by atoms with van der Waals surface area (Å²) in [6.45, 7) is 2.20. The van der Waals surface area contributed by atoms with Crippen LogP contribution in [0.2, 0.25) is 0 Å². The van der Waals surface area contributed by atoms with Crippen molar-refractivity contribution in [2.75, 3.05) is 18.4 Å². The molecule has 112 valence electrons. The van der Waals surface area contributed by atoms with E-state index in [9.17, 15) is 4.79 Å². The zero-order valence-corrected chi connectivity index (χ0v) is 13.4. The maximum atomic E-state index is 12.1. The molecular formula is C16H19BrN2O2. The third-order valence-corrected chi connectivity index (χ3v) is 5.53. The Balaban J connectivity index is 1.39. The van der Waals surface area contributed by atoms with Crippen LogP contribution in [-0.4, -0.2) is 30.3 Å². The summed E-state index contributed by atoms with van der Waals surface area (Å²) in [4.78, 5) is 14.5. The van der Waals surface area contributed by atoms with E-state index in [-0.39, 0.29) is 12.3 Å². The number of halogens is 1. The van der Waals surface area contributed by atoms with Crippen molar-refractivity contribution in [1.82, 2.24) is 4.90 Å². The number of hydrogen-bond acceptors (Lipinski definition) is 3. The van der Waals surface area contributed by atoms with Gasteiger partial charge < -0.3 is 4.74 Å². The van der Waals surface area contributed by atoms with Gasteiger partial charge in [-0.1, -0.05) is 15.9 Å². The molecule has 0 radical (unpaired) electrons. The molecule has 0 unspecified atom stereocenters. The summed E-state index contributed by atoms with van der Waals surface area (Å²) < 4.78 is 6.72. The SMILES string of the molecule is O=C(Nc1ccc(Br)cc1)O[C@@H]1C2C[C@H]3C[C@H](C2)CN1C3. The summed E-state index contributed by atoms with van der Waals surface area (Å²) in [5.41, 5.74) is 0.766. The molecule has 3 heterocycles. The lowest BCUT2D eigenvalue weighted by Crippen LogP contribution is -2.60. The average Bonchev–Trinajstić information content (AvgIpc) is 2.45. The van der Waals surface area contributed by atoms with E-state index in [1.165, 1.54) is 19.3 Å². The Kier molecular flexibility index (Phi) is 3.42. The van der Waals surface area contributed by atoms with Gasteiger partial charge in [-0.25, -0.2) is 4.79 Å². The summed E-state index contributed by atoms with van der Waals surface area (Å²) in [5.74, 6) is 2.20. The molecule has 3 atom stereocenters. The van der Waals surface area contributed by atoms with Crippen LogP contribution in [-0.2, 0) is 4.74 Å². The molecule has 4 fully saturated rings. The third kappa shape index (κ3) is 2.69. The van der Waals surface area contributed by atoms with E-state index >= 15 is 0 Å². The van der Waals surface area contributed by atoms with E-state index in [1.54, 1.807) is 0 Å². The molecule has 5 rings (SSSR count). The zero-order chi connectivity index (χ0) is 14.4. The molecule has 4 aliphatic rings. The normalized spacial score (nSPS) is 36.5. The van der Waals surface area contributed by atoms with Crippen LogP contribution < -0.4 is 5.32 Å².